The smallest absolute Gasteiger partial charge is 0.318 e. The molecule has 2 aromatic carbocycles. The number of urea groups is 1. The number of hydrogen-bond donors (Lipinski definition) is 1. The van der Waals surface area contributed by atoms with E-state index >= 15 is 0 Å². The summed E-state index contributed by atoms with van der Waals surface area (Å²) < 4.78 is 2.09. The Balaban J connectivity index is 1.35. The van der Waals surface area contributed by atoms with Gasteiger partial charge in [-0.3, -0.25) is 4.90 Å². The number of carbonyl (C=O) groups is 1. The van der Waals surface area contributed by atoms with Crippen LogP contribution in [0.1, 0.15) is 17.2 Å². The largest absolute Gasteiger partial charge is 0.336 e. The molecular weight excluding hydrogens is 362 g/mol. The number of imidazole rings is 1. The van der Waals surface area contributed by atoms with E-state index in [1.807, 2.05) is 53.8 Å². The number of aromatic nitrogens is 2. The molecule has 0 unspecified atom stereocenters. The Hall–Kier alpha value is -3.12. The molecule has 6 nitrogen and oxygen atoms in total. The summed E-state index contributed by atoms with van der Waals surface area (Å²) in [6.07, 6.45) is 5.63. The summed E-state index contributed by atoms with van der Waals surface area (Å²) in [5.74, 6) is 0. The van der Waals surface area contributed by atoms with E-state index in [-0.39, 0.29) is 12.1 Å². The number of carbonyl (C=O) groups excluding carboxylic acids is 1. The average Bonchev–Trinajstić information content (AvgIpc) is 3.31. The molecule has 0 aliphatic carbocycles. The Morgan fingerprint density at radius 2 is 1.52 bits per heavy atom. The fourth-order valence-electron chi connectivity index (χ4n) is 3.72. The first kappa shape index (κ1) is 19.2. The maximum Gasteiger partial charge on any atom is 0.318 e. The summed E-state index contributed by atoms with van der Waals surface area (Å²) in [6.45, 7) is 5.17. The Morgan fingerprint density at radius 3 is 2.07 bits per heavy atom. The van der Waals surface area contributed by atoms with Crippen LogP contribution in [-0.2, 0) is 6.54 Å². The Bertz CT molecular complexity index is 835. The number of amides is 2. The first-order chi connectivity index (χ1) is 14.3. The van der Waals surface area contributed by atoms with Crippen molar-refractivity contribution in [3.63, 3.8) is 0 Å². The van der Waals surface area contributed by atoms with E-state index in [2.05, 4.69) is 44.0 Å². The van der Waals surface area contributed by atoms with Crippen molar-refractivity contribution >= 4 is 6.03 Å². The van der Waals surface area contributed by atoms with Crippen molar-refractivity contribution in [3.8, 4) is 0 Å². The van der Waals surface area contributed by atoms with Crippen molar-refractivity contribution in [1.29, 1.82) is 0 Å². The van der Waals surface area contributed by atoms with Gasteiger partial charge in [-0.2, -0.15) is 0 Å². The summed E-state index contributed by atoms with van der Waals surface area (Å²) in [4.78, 5) is 21.4. The molecule has 2 heterocycles. The van der Waals surface area contributed by atoms with Gasteiger partial charge in [-0.15, -0.1) is 0 Å². The van der Waals surface area contributed by atoms with E-state index in [1.165, 1.54) is 0 Å². The van der Waals surface area contributed by atoms with Crippen molar-refractivity contribution in [1.82, 2.24) is 24.7 Å². The minimum absolute atomic E-state index is 0.00281. The second-order valence-electron chi connectivity index (χ2n) is 7.33. The third-order valence-electron chi connectivity index (χ3n) is 5.43. The van der Waals surface area contributed by atoms with Gasteiger partial charge in [-0.1, -0.05) is 60.7 Å². The molecule has 0 saturated carbocycles. The third-order valence-corrected chi connectivity index (χ3v) is 5.43. The van der Waals surface area contributed by atoms with Crippen LogP contribution in [0.5, 0.6) is 0 Å². The van der Waals surface area contributed by atoms with Crippen LogP contribution < -0.4 is 5.32 Å². The van der Waals surface area contributed by atoms with E-state index in [9.17, 15) is 4.79 Å². The highest BCUT2D eigenvalue weighted by molar-refractivity contribution is 5.75. The van der Waals surface area contributed by atoms with E-state index in [4.69, 9.17) is 0 Å². The number of hydrogen-bond acceptors (Lipinski definition) is 3. The maximum atomic E-state index is 13.0. The standard InChI is InChI=1S/C23H27N5O/c29-23(28-17-15-26(16-18-28)13-14-27-12-11-24-19-27)25-22(20-7-3-1-4-8-20)21-9-5-2-6-10-21/h1-12,19,22H,13-18H2,(H,25,29). The SMILES string of the molecule is O=C(NC(c1ccccc1)c1ccccc1)N1CCN(CCn2ccnc2)CC1. The summed E-state index contributed by atoms with van der Waals surface area (Å²) in [5.41, 5.74) is 2.18. The van der Waals surface area contributed by atoms with Gasteiger partial charge in [0.25, 0.3) is 0 Å². The molecule has 1 aliphatic rings. The van der Waals surface area contributed by atoms with Gasteiger partial charge in [0.05, 0.1) is 12.4 Å². The highest BCUT2D eigenvalue weighted by atomic mass is 16.2. The molecule has 4 rings (SSSR count). The summed E-state index contributed by atoms with van der Waals surface area (Å²) in [6, 6.07) is 20.1. The molecule has 6 heteroatoms. The molecule has 1 saturated heterocycles. The summed E-state index contributed by atoms with van der Waals surface area (Å²) >= 11 is 0. The van der Waals surface area contributed by atoms with Crippen LogP contribution in [-0.4, -0.2) is 58.1 Å². The van der Waals surface area contributed by atoms with E-state index in [0.29, 0.717) is 0 Å². The van der Waals surface area contributed by atoms with Crippen molar-refractivity contribution in [2.24, 2.45) is 0 Å². The second-order valence-corrected chi connectivity index (χ2v) is 7.33. The van der Waals surface area contributed by atoms with Gasteiger partial charge in [0.15, 0.2) is 0 Å². The molecule has 2 amide bonds. The Morgan fingerprint density at radius 1 is 0.897 bits per heavy atom. The molecule has 1 fully saturated rings. The lowest BCUT2D eigenvalue weighted by molar-refractivity contribution is 0.135. The highest BCUT2D eigenvalue weighted by Gasteiger charge is 2.24. The minimum atomic E-state index is -0.149. The summed E-state index contributed by atoms with van der Waals surface area (Å²) in [7, 11) is 0. The highest BCUT2D eigenvalue weighted by Crippen LogP contribution is 2.22. The lowest BCUT2D eigenvalue weighted by atomic mass is 9.99. The van der Waals surface area contributed by atoms with Crippen molar-refractivity contribution < 1.29 is 4.79 Å². The second kappa shape index (κ2) is 9.39. The van der Waals surface area contributed by atoms with Gasteiger partial charge in [0.2, 0.25) is 0 Å². The molecular formula is C23H27N5O. The molecule has 1 aliphatic heterocycles. The number of nitrogens with zero attached hydrogens (tertiary/aromatic N) is 4. The topological polar surface area (TPSA) is 53.4 Å². The number of benzene rings is 2. The maximum absolute atomic E-state index is 13.0. The van der Waals surface area contributed by atoms with Crippen molar-refractivity contribution in [2.75, 3.05) is 32.7 Å². The molecule has 29 heavy (non-hydrogen) atoms. The quantitative estimate of drug-likeness (QED) is 0.705. The predicted molar refractivity (Wildman–Crippen MR) is 113 cm³/mol. The Labute approximate surface area is 171 Å². The fraction of sp³-hybridized carbons (Fsp3) is 0.304. The van der Waals surface area contributed by atoms with E-state index in [0.717, 1.165) is 50.4 Å². The van der Waals surface area contributed by atoms with Crippen molar-refractivity contribution in [3.05, 3.63) is 90.5 Å². The van der Waals surface area contributed by atoms with Gasteiger partial charge in [0, 0.05) is 51.7 Å². The van der Waals surface area contributed by atoms with Gasteiger partial charge < -0.3 is 14.8 Å². The van der Waals surface area contributed by atoms with Crippen LogP contribution in [0.3, 0.4) is 0 Å². The number of rotatable bonds is 6. The number of piperazine rings is 1. The third kappa shape index (κ3) is 5.03. The lowest BCUT2D eigenvalue weighted by Gasteiger charge is -2.35. The van der Waals surface area contributed by atoms with Crippen LogP contribution >= 0.6 is 0 Å². The van der Waals surface area contributed by atoms with E-state index in [1.54, 1.807) is 6.20 Å². The first-order valence-electron chi connectivity index (χ1n) is 10.1. The fourth-order valence-corrected chi connectivity index (χ4v) is 3.72. The van der Waals surface area contributed by atoms with Crippen molar-refractivity contribution in [2.45, 2.75) is 12.6 Å². The normalized spacial score (nSPS) is 14.9. The Kier molecular flexibility index (Phi) is 6.22. The zero-order valence-corrected chi connectivity index (χ0v) is 16.5. The molecule has 3 aromatic rings. The van der Waals surface area contributed by atoms with Gasteiger partial charge in [-0.25, -0.2) is 9.78 Å². The molecule has 1 N–H and O–H groups in total. The minimum Gasteiger partial charge on any atom is -0.336 e. The average molecular weight is 390 g/mol. The van der Waals surface area contributed by atoms with Gasteiger partial charge >= 0.3 is 6.03 Å². The first-order valence-corrected chi connectivity index (χ1v) is 10.1. The van der Waals surface area contributed by atoms with Crippen LogP contribution in [0.4, 0.5) is 4.79 Å². The van der Waals surface area contributed by atoms with Gasteiger partial charge in [-0.05, 0) is 11.1 Å². The molecule has 0 radical (unpaired) electrons. The molecule has 0 spiro atoms. The van der Waals surface area contributed by atoms with Gasteiger partial charge in [0.1, 0.15) is 0 Å². The molecule has 150 valence electrons. The van der Waals surface area contributed by atoms with Crippen LogP contribution in [0.2, 0.25) is 0 Å². The van der Waals surface area contributed by atoms with Crippen LogP contribution in [0.15, 0.2) is 79.4 Å². The summed E-state index contributed by atoms with van der Waals surface area (Å²) in [5, 5.41) is 3.24. The monoisotopic (exact) mass is 389 g/mol. The predicted octanol–water partition coefficient (Wildman–Crippen LogP) is 3.00. The lowest BCUT2D eigenvalue weighted by Crippen LogP contribution is -2.52. The molecule has 0 bridgehead atoms. The molecule has 0 atom stereocenters. The number of nitrogens with one attached hydrogen (secondary N) is 1. The molecule has 1 aromatic heterocycles. The van der Waals surface area contributed by atoms with E-state index < -0.39 is 0 Å². The van der Waals surface area contributed by atoms with Crippen LogP contribution in [0, 0.1) is 0 Å². The zero-order chi connectivity index (χ0) is 19.9. The zero-order valence-electron chi connectivity index (χ0n) is 16.5. The van der Waals surface area contributed by atoms with Crippen LogP contribution in [0.25, 0.3) is 0 Å².